The predicted octanol–water partition coefficient (Wildman–Crippen LogP) is -0.286. The molecule has 0 aromatic rings. The lowest BCUT2D eigenvalue weighted by Gasteiger charge is -2.17. The van der Waals surface area contributed by atoms with Gasteiger partial charge >= 0.3 is 5.97 Å². The van der Waals surface area contributed by atoms with E-state index in [0.29, 0.717) is 13.2 Å². The summed E-state index contributed by atoms with van der Waals surface area (Å²) in [6, 6.07) is 0. The average molecular weight is 214 g/mol. The second kappa shape index (κ2) is 5.70. The molecule has 15 heavy (non-hydrogen) atoms. The fraction of sp³-hybridized carbons (Fsp3) is 0.800. The van der Waals surface area contributed by atoms with Crippen LogP contribution in [0.5, 0.6) is 0 Å². The molecule has 86 valence electrons. The molecule has 1 saturated heterocycles. The molecule has 1 rings (SSSR count). The van der Waals surface area contributed by atoms with Gasteiger partial charge < -0.3 is 9.64 Å². The SMILES string of the molecule is CCOC(=O)CN1CCCN(C)C(=O)C1. The van der Waals surface area contributed by atoms with Crippen LogP contribution in [0.25, 0.3) is 0 Å². The van der Waals surface area contributed by atoms with Crippen LogP contribution in [0.2, 0.25) is 0 Å². The van der Waals surface area contributed by atoms with Gasteiger partial charge in [-0.05, 0) is 13.3 Å². The molecule has 5 nitrogen and oxygen atoms in total. The summed E-state index contributed by atoms with van der Waals surface area (Å²) in [5.74, 6) is -0.188. The van der Waals surface area contributed by atoms with Crippen LogP contribution < -0.4 is 0 Å². The third-order valence-corrected chi connectivity index (χ3v) is 2.41. The van der Waals surface area contributed by atoms with Gasteiger partial charge in [0.05, 0.1) is 19.7 Å². The molecule has 1 aliphatic rings. The van der Waals surface area contributed by atoms with Crippen LogP contribution in [0.1, 0.15) is 13.3 Å². The highest BCUT2D eigenvalue weighted by Crippen LogP contribution is 2.02. The van der Waals surface area contributed by atoms with E-state index in [1.165, 1.54) is 0 Å². The Labute approximate surface area is 90.0 Å². The van der Waals surface area contributed by atoms with Crippen LogP contribution in [0, 0.1) is 0 Å². The Bertz CT molecular complexity index is 243. The molecule has 5 heteroatoms. The average Bonchev–Trinajstić information content (AvgIpc) is 2.30. The fourth-order valence-corrected chi connectivity index (χ4v) is 1.57. The van der Waals surface area contributed by atoms with Crippen molar-refractivity contribution in [2.24, 2.45) is 0 Å². The minimum Gasteiger partial charge on any atom is -0.465 e. The van der Waals surface area contributed by atoms with Crippen molar-refractivity contribution in [2.45, 2.75) is 13.3 Å². The van der Waals surface area contributed by atoms with E-state index in [-0.39, 0.29) is 18.4 Å². The van der Waals surface area contributed by atoms with Gasteiger partial charge in [0.2, 0.25) is 5.91 Å². The van der Waals surface area contributed by atoms with Crippen molar-refractivity contribution in [3.05, 3.63) is 0 Å². The van der Waals surface area contributed by atoms with Crippen LogP contribution in [0.3, 0.4) is 0 Å². The maximum atomic E-state index is 11.5. The maximum absolute atomic E-state index is 11.5. The molecule has 1 fully saturated rings. The Balaban J connectivity index is 2.41. The molecule has 0 bridgehead atoms. The van der Waals surface area contributed by atoms with Gasteiger partial charge in [-0.25, -0.2) is 0 Å². The van der Waals surface area contributed by atoms with Crippen molar-refractivity contribution in [1.29, 1.82) is 0 Å². The Morgan fingerprint density at radius 2 is 2.20 bits per heavy atom. The highest BCUT2D eigenvalue weighted by Gasteiger charge is 2.20. The molecule has 0 atom stereocenters. The number of hydrogen-bond donors (Lipinski definition) is 0. The predicted molar refractivity (Wildman–Crippen MR) is 55.3 cm³/mol. The number of ether oxygens (including phenoxy) is 1. The number of hydrogen-bond acceptors (Lipinski definition) is 4. The van der Waals surface area contributed by atoms with Gasteiger partial charge in [0.25, 0.3) is 0 Å². The quantitative estimate of drug-likeness (QED) is 0.606. The van der Waals surface area contributed by atoms with Gasteiger partial charge in [-0.3, -0.25) is 14.5 Å². The van der Waals surface area contributed by atoms with Gasteiger partial charge in [-0.2, -0.15) is 0 Å². The van der Waals surface area contributed by atoms with Crippen molar-refractivity contribution in [2.75, 3.05) is 39.8 Å². The molecule has 1 aliphatic heterocycles. The number of carbonyl (C=O) groups is 2. The van der Waals surface area contributed by atoms with E-state index in [4.69, 9.17) is 4.74 Å². The Hall–Kier alpha value is -1.10. The molecule has 0 radical (unpaired) electrons. The topological polar surface area (TPSA) is 49.9 Å². The number of likely N-dealkylation sites (N-methyl/N-ethyl adjacent to an activating group) is 1. The molecule has 0 spiro atoms. The molecule has 0 N–H and O–H groups in total. The monoisotopic (exact) mass is 214 g/mol. The van der Waals surface area contributed by atoms with E-state index in [2.05, 4.69) is 0 Å². The van der Waals surface area contributed by atoms with E-state index in [9.17, 15) is 9.59 Å². The minimum atomic E-state index is -0.255. The molecule has 0 unspecified atom stereocenters. The summed E-state index contributed by atoms with van der Waals surface area (Å²) < 4.78 is 4.84. The summed E-state index contributed by atoms with van der Waals surface area (Å²) in [5.41, 5.74) is 0. The molecule has 0 aromatic heterocycles. The molecular weight excluding hydrogens is 196 g/mol. The number of rotatable bonds is 3. The normalized spacial score (nSPS) is 18.8. The highest BCUT2D eigenvalue weighted by atomic mass is 16.5. The van der Waals surface area contributed by atoms with Gasteiger partial charge in [0, 0.05) is 20.1 Å². The Morgan fingerprint density at radius 1 is 1.47 bits per heavy atom. The van der Waals surface area contributed by atoms with Gasteiger partial charge in [-0.15, -0.1) is 0 Å². The van der Waals surface area contributed by atoms with Crippen LogP contribution >= 0.6 is 0 Å². The molecule has 0 aliphatic carbocycles. The van der Waals surface area contributed by atoms with Crippen molar-refractivity contribution in [3.63, 3.8) is 0 Å². The third kappa shape index (κ3) is 3.87. The van der Waals surface area contributed by atoms with E-state index >= 15 is 0 Å². The van der Waals surface area contributed by atoms with Gasteiger partial charge in [-0.1, -0.05) is 0 Å². The third-order valence-electron chi connectivity index (χ3n) is 2.41. The van der Waals surface area contributed by atoms with E-state index in [1.54, 1.807) is 18.9 Å². The largest absolute Gasteiger partial charge is 0.465 e. The van der Waals surface area contributed by atoms with Crippen molar-refractivity contribution in [3.8, 4) is 0 Å². The molecular formula is C10H18N2O3. The first kappa shape index (κ1) is 12.0. The van der Waals surface area contributed by atoms with Crippen LogP contribution in [-0.4, -0.2) is 61.5 Å². The first-order chi connectivity index (χ1) is 7.13. The second-order valence-corrected chi connectivity index (χ2v) is 3.68. The lowest BCUT2D eigenvalue weighted by Crippen LogP contribution is -2.37. The lowest BCUT2D eigenvalue weighted by atomic mass is 10.4. The summed E-state index contributed by atoms with van der Waals surface area (Å²) in [7, 11) is 1.79. The van der Waals surface area contributed by atoms with E-state index in [0.717, 1.165) is 19.5 Å². The van der Waals surface area contributed by atoms with Crippen molar-refractivity contribution < 1.29 is 14.3 Å². The second-order valence-electron chi connectivity index (χ2n) is 3.68. The van der Waals surface area contributed by atoms with Crippen molar-refractivity contribution in [1.82, 2.24) is 9.80 Å². The number of nitrogens with zero attached hydrogens (tertiary/aromatic N) is 2. The molecule has 0 saturated carbocycles. The lowest BCUT2D eigenvalue weighted by molar-refractivity contribution is -0.144. The first-order valence-corrected chi connectivity index (χ1v) is 5.25. The maximum Gasteiger partial charge on any atom is 0.320 e. The zero-order valence-corrected chi connectivity index (χ0v) is 9.36. The summed E-state index contributed by atoms with van der Waals surface area (Å²) >= 11 is 0. The highest BCUT2D eigenvalue weighted by molar-refractivity contribution is 5.79. The van der Waals surface area contributed by atoms with Crippen LogP contribution in [0.15, 0.2) is 0 Å². The summed E-state index contributed by atoms with van der Waals surface area (Å²) in [6.07, 6.45) is 0.904. The molecule has 1 amide bonds. The Kier molecular flexibility index (Phi) is 4.55. The van der Waals surface area contributed by atoms with Crippen molar-refractivity contribution >= 4 is 11.9 Å². The zero-order chi connectivity index (χ0) is 11.3. The van der Waals surface area contributed by atoms with Gasteiger partial charge in [0.1, 0.15) is 0 Å². The Morgan fingerprint density at radius 3 is 2.87 bits per heavy atom. The van der Waals surface area contributed by atoms with E-state index < -0.39 is 0 Å². The standard InChI is InChI=1S/C10H18N2O3/c1-3-15-10(14)8-12-6-4-5-11(2)9(13)7-12/h3-8H2,1-2H3. The smallest absolute Gasteiger partial charge is 0.320 e. The minimum absolute atomic E-state index is 0.0665. The van der Waals surface area contributed by atoms with E-state index in [1.807, 2.05) is 4.90 Å². The summed E-state index contributed by atoms with van der Waals surface area (Å²) in [4.78, 5) is 26.3. The zero-order valence-electron chi connectivity index (χ0n) is 9.36. The molecule has 0 aromatic carbocycles. The number of carbonyl (C=O) groups excluding carboxylic acids is 2. The number of esters is 1. The van der Waals surface area contributed by atoms with Gasteiger partial charge in [0.15, 0.2) is 0 Å². The first-order valence-electron chi connectivity index (χ1n) is 5.25. The van der Waals surface area contributed by atoms with Crippen LogP contribution in [0.4, 0.5) is 0 Å². The fourth-order valence-electron chi connectivity index (χ4n) is 1.57. The number of amides is 1. The summed E-state index contributed by atoms with van der Waals surface area (Å²) in [5, 5.41) is 0. The van der Waals surface area contributed by atoms with Crippen LogP contribution in [-0.2, 0) is 14.3 Å². The summed E-state index contributed by atoms with van der Waals surface area (Å²) in [6.45, 7) is 4.23. The molecule has 1 heterocycles.